The minimum Gasteiger partial charge on any atom is -0.486 e. The number of hydrogen-bond donors (Lipinski definition) is 0. The number of halogens is 1. The van der Waals surface area contributed by atoms with Crippen molar-refractivity contribution in [1.82, 2.24) is 24.1 Å². The Kier molecular flexibility index (Phi) is 5.45. The standard InChI is InChI=1S/C19H18BrN5OS/c1-2-25-18(12-26-16-8-6-14(20)7-9-16)22-23-19(25)27-13-15-11-24-10-4-3-5-17(24)21-15/h3-11H,2,12-13H2,1H3. The Balaban J connectivity index is 1.43. The van der Waals surface area contributed by atoms with Crippen molar-refractivity contribution >= 4 is 33.3 Å². The molecule has 0 unspecified atom stereocenters. The maximum Gasteiger partial charge on any atom is 0.191 e. The van der Waals surface area contributed by atoms with Gasteiger partial charge in [0.2, 0.25) is 0 Å². The number of hydrogen-bond acceptors (Lipinski definition) is 5. The first kappa shape index (κ1) is 18.1. The second kappa shape index (κ2) is 8.14. The summed E-state index contributed by atoms with van der Waals surface area (Å²) in [5.41, 5.74) is 1.97. The predicted octanol–water partition coefficient (Wildman–Crippen LogP) is 4.58. The van der Waals surface area contributed by atoms with Gasteiger partial charge in [-0.15, -0.1) is 10.2 Å². The molecule has 8 heteroatoms. The van der Waals surface area contributed by atoms with Crippen LogP contribution in [0.4, 0.5) is 0 Å². The van der Waals surface area contributed by atoms with Gasteiger partial charge in [0.25, 0.3) is 0 Å². The minimum absolute atomic E-state index is 0.386. The van der Waals surface area contributed by atoms with Crippen molar-refractivity contribution in [3.63, 3.8) is 0 Å². The number of rotatable bonds is 7. The molecule has 0 spiro atoms. The van der Waals surface area contributed by atoms with E-state index in [1.54, 1.807) is 11.8 Å². The molecule has 0 saturated heterocycles. The molecule has 4 rings (SSSR count). The molecule has 0 aliphatic rings. The zero-order chi connectivity index (χ0) is 18.6. The first-order chi connectivity index (χ1) is 13.2. The van der Waals surface area contributed by atoms with Crippen molar-refractivity contribution in [3.05, 3.63) is 70.8 Å². The molecular formula is C19H18BrN5OS. The molecule has 6 nitrogen and oxygen atoms in total. The van der Waals surface area contributed by atoms with Crippen LogP contribution in [0.15, 0.2) is 64.5 Å². The summed E-state index contributed by atoms with van der Waals surface area (Å²) in [5.74, 6) is 2.37. The van der Waals surface area contributed by atoms with Crippen LogP contribution in [-0.2, 0) is 18.9 Å². The fraction of sp³-hybridized carbons (Fsp3) is 0.211. The molecule has 0 saturated carbocycles. The number of aromatic nitrogens is 5. The lowest BCUT2D eigenvalue weighted by atomic mass is 10.3. The highest BCUT2D eigenvalue weighted by molar-refractivity contribution is 9.10. The average molecular weight is 444 g/mol. The Morgan fingerprint density at radius 3 is 2.74 bits per heavy atom. The van der Waals surface area contributed by atoms with E-state index in [-0.39, 0.29) is 0 Å². The normalized spacial score (nSPS) is 11.2. The second-order valence-electron chi connectivity index (χ2n) is 5.87. The van der Waals surface area contributed by atoms with E-state index >= 15 is 0 Å². The molecule has 3 aromatic heterocycles. The van der Waals surface area contributed by atoms with E-state index in [0.717, 1.165) is 44.8 Å². The van der Waals surface area contributed by atoms with Gasteiger partial charge in [-0.2, -0.15) is 0 Å². The van der Waals surface area contributed by atoms with Crippen LogP contribution in [0.25, 0.3) is 5.65 Å². The number of thioether (sulfide) groups is 1. The molecule has 4 aromatic rings. The Hall–Kier alpha value is -2.32. The van der Waals surface area contributed by atoms with Crippen LogP contribution in [0.1, 0.15) is 18.4 Å². The number of pyridine rings is 1. The number of imidazole rings is 1. The summed E-state index contributed by atoms with van der Waals surface area (Å²) >= 11 is 5.06. The van der Waals surface area contributed by atoms with E-state index in [2.05, 4.69) is 42.6 Å². The largest absolute Gasteiger partial charge is 0.486 e. The van der Waals surface area contributed by atoms with Gasteiger partial charge in [-0.05, 0) is 43.3 Å². The molecule has 0 fully saturated rings. The monoisotopic (exact) mass is 443 g/mol. The van der Waals surface area contributed by atoms with Gasteiger partial charge >= 0.3 is 0 Å². The first-order valence-electron chi connectivity index (χ1n) is 8.59. The van der Waals surface area contributed by atoms with Gasteiger partial charge < -0.3 is 13.7 Å². The molecule has 138 valence electrons. The number of ether oxygens (including phenoxy) is 1. The van der Waals surface area contributed by atoms with Crippen molar-refractivity contribution in [2.75, 3.05) is 0 Å². The van der Waals surface area contributed by atoms with Crippen molar-refractivity contribution in [3.8, 4) is 5.75 Å². The summed E-state index contributed by atoms with van der Waals surface area (Å²) < 4.78 is 11.0. The lowest BCUT2D eigenvalue weighted by Crippen LogP contribution is -2.07. The Morgan fingerprint density at radius 2 is 1.96 bits per heavy atom. The summed E-state index contributed by atoms with van der Waals surface area (Å²) in [6.45, 7) is 3.26. The average Bonchev–Trinajstić information content (AvgIpc) is 3.28. The van der Waals surface area contributed by atoms with E-state index in [1.807, 2.05) is 59.3 Å². The molecule has 0 N–H and O–H groups in total. The third-order valence-electron chi connectivity index (χ3n) is 4.05. The molecule has 0 aliphatic heterocycles. The Bertz CT molecular complexity index is 1010. The van der Waals surface area contributed by atoms with E-state index in [1.165, 1.54) is 0 Å². The summed E-state index contributed by atoms with van der Waals surface area (Å²) in [6.07, 6.45) is 4.05. The molecule has 3 heterocycles. The van der Waals surface area contributed by atoms with Crippen molar-refractivity contribution < 1.29 is 4.74 Å². The number of fused-ring (bicyclic) bond motifs is 1. The smallest absolute Gasteiger partial charge is 0.191 e. The van der Waals surface area contributed by atoms with Crippen molar-refractivity contribution in [2.24, 2.45) is 0 Å². The topological polar surface area (TPSA) is 57.2 Å². The SMILES string of the molecule is CCn1c(COc2ccc(Br)cc2)nnc1SCc1cn2ccccc2n1. The lowest BCUT2D eigenvalue weighted by Gasteiger charge is -2.08. The lowest BCUT2D eigenvalue weighted by molar-refractivity contribution is 0.288. The third-order valence-corrected chi connectivity index (χ3v) is 5.58. The number of benzene rings is 1. The van der Waals surface area contributed by atoms with Gasteiger partial charge in [-0.3, -0.25) is 0 Å². The van der Waals surface area contributed by atoms with E-state index in [4.69, 9.17) is 4.74 Å². The molecule has 0 amide bonds. The van der Waals surface area contributed by atoms with Gasteiger partial charge in [0.15, 0.2) is 11.0 Å². The van der Waals surface area contributed by atoms with Crippen LogP contribution < -0.4 is 4.74 Å². The predicted molar refractivity (Wildman–Crippen MR) is 109 cm³/mol. The van der Waals surface area contributed by atoms with Crippen molar-refractivity contribution in [2.45, 2.75) is 31.0 Å². The molecule has 0 atom stereocenters. The highest BCUT2D eigenvalue weighted by Gasteiger charge is 2.13. The van der Waals surface area contributed by atoms with Crippen LogP contribution >= 0.6 is 27.7 Å². The molecule has 1 aromatic carbocycles. The van der Waals surface area contributed by atoms with E-state index in [9.17, 15) is 0 Å². The highest BCUT2D eigenvalue weighted by Crippen LogP contribution is 2.23. The Morgan fingerprint density at radius 1 is 1.11 bits per heavy atom. The maximum absolute atomic E-state index is 5.84. The third kappa shape index (κ3) is 4.17. The van der Waals surface area contributed by atoms with Gasteiger partial charge in [-0.25, -0.2) is 4.98 Å². The van der Waals surface area contributed by atoms with Crippen molar-refractivity contribution in [1.29, 1.82) is 0 Å². The highest BCUT2D eigenvalue weighted by atomic mass is 79.9. The summed E-state index contributed by atoms with van der Waals surface area (Å²) in [5, 5.41) is 9.52. The van der Waals surface area contributed by atoms with Crippen LogP contribution in [0.5, 0.6) is 5.75 Å². The molecular weight excluding hydrogens is 426 g/mol. The first-order valence-corrected chi connectivity index (χ1v) is 10.4. The molecule has 27 heavy (non-hydrogen) atoms. The molecule has 0 aliphatic carbocycles. The maximum atomic E-state index is 5.84. The van der Waals surface area contributed by atoms with Gasteiger partial charge in [-0.1, -0.05) is 33.8 Å². The summed E-state index contributed by atoms with van der Waals surface area (Å²) in [7, 11) is 0. The fourth-order valence-electron chi connectivity index (χ4n) is 2.72. The quantitative estimate of drug-likeness (QED) is 0.391. The Labute approximate surface area is 169 Å². The number of nitrogens with zero attached hydrogens (tertiary/aromatic N) is 5. The van der Waals surface area contributed by atoms with E-state index in [0.29, 0.717) is 6.61 Å². The van der Waals surface area contributed by atoms with Crippen LogP contribution in [-0.4, -0.2) is 24.1 Å². The second-order valence-corrected chi connectivity index (χ2v) is 7.73. The zero-order valence-electron chi connectivity index (χ0n) is 14.7. The van der Waals surface area contributed by atoms with Gasteiger partial charge in [0.1, 0.15) is 18.0 Å². The molecule has 0 bridgehead atoms. The van der Waals surface area contributed by atoms with Gasteiger partial charge in [0, 0.05) is 29.2 Å². The summed E-state index contributed by atoms with van der Waals surface area (Å²) in [6, 6.07) is 13.7. The minimum atomic E-state index is 0.386. The van der Waals surface area contributed by atoms with Crippen LogP contribution in [0, 0.1) is 0 Å². The van der Waals surface area contributed by atoms with Gasteiger partial charge in [0.05, 0.1) is 5.69 Å². The van der Waals surface area contributed by atoms with Crippen LogP contribution in [0.2, 0.25) is 0 Å². The fourth-order valence-corrected chi connectivity index (χ4v) is 3.89. The zero-order valence-corrected chi connectivity index (χ0v) is 17.2. The molecule has 0 radical (unpaired) electrons. The summed E-state index contributed by atoms with van der Waals surface area (Å²) in [4.78, 5) is 4.63. The van der Waals surface area contributed by atoms with Crippen LogP contribution in [0.3, 0.4) is 0 Å². The van der Waals surface area contributed by atoms with E-state index < -0.39 is 0 Å².